The maximum absolute atomic E-state index is 11.9. The lowest BCUT2D eigenvalue weighted by molar-refractivity contribution is -0.119. The fraction of sp³-hybridized carbons (Fsp3) is 0.300. The first-order valence-corrected chi connectivity index (χ1v) is 10.2. The monoisotopic (exact) mass is 395 g/mol. The minimum Gasteiger partial charge on any atom is -0.376 e. The molecular formula is C20H21N5O2S. The SMILES string of the molecule is O=C(CSc1ccc(-c2ccc(-n3ccnc3)cc2)nn1)NC[C@H]1CCCO1. The zero-order chi connectivity index (χ0) is 19.2. The van der Waals surface area contributed by atoms with E-state index in [-0.39, 0.29) is 12.0 Å². The minimum absolute atomic E-state index is 0.0125. The fourth-order valence-electron chi connectivity index (χ4n) is 2.99. The van der Waals surface area contributed by atoms with Gasteiger partial charge < -0.3 is 14.6 Å². The molecule has 1 saturated heterocycles. The number of thioether (sulfide) groups is 1. The van der Waals surface area contributed by atoms with Crippen LogP contribution in [0.5, 0.6) is 0 Å². The summed E-state index contributed by atoms with van der Waals surface area (Å²) in [6.45, 7) is 1.38. The van der Waals surface area contributed by atoms with Crippen LogP contribution < -0.4 is 5.32 Å². The average molecular weight is 395 g/mol. The van der Waals surface area contributed by atoms with Crippen LogP contribution in [-0.4, -0.2) is 50.7 Å². The van der Waals surface area contributed by atoms with Crippen molar-refractivity contribution in [2.45, 2.75) is 24.0 Å². The molecule has 3 aromatic rings. The van der Waals surface area contributed by atoms with Crippen molar-refractivity contribution >= 4 is 17.7 Å². The molecule has 144 valence electrons. The number of carbonyl (C=O) groups is 1. The summed E-state index contributed by atoms with van der Waals surface area (Å²) in [7, 11) is 0. The lowest BCUT2D eigenvalue weighted by atomic mass is 10.1. The van der Waals surface area contributed by atoms with Crippen molar-refractivity contribution in [3.8, 4) is 16.9 Å². The quantitative estimate of drug-likeness (QED) is 0.620. The molecule has 0 saturated carbocycles. The topological polar surface area (TPSA) is 81.9 Å². The van der Waals surface area contributed by atoms with Crippen LogP contribution in [0.1, 0.15) is 12.8 Å². The van der Waals surface area contributed by atoms with Gasteiger partial charge in [0.05, 0.1) is 23.9 Å². The van der Waals surface area contributed by atoms with E-state index in [2.05, 4.69) is 20.5 Å². The molecule has 1 fully saturated rings. The van der Waals surface area contributed by atoms with E-state index in [4.69, 9.17) is 4.74 Å². The molecule has 1 aliphatic rings. The molecule has 0 radical (unpaired) electrons. The number of carbonyl (C=O) groups excluding carboxylic acids is 1. The highest BCUT2D eigenvalue weighted by Gasteiger charge is 2.16. The number of amides is 1. The van der Waals surface area contributed by atoms with Gasteiger partial charge in [-0.25, -0.2) is 4.98 Å². The molecule has 8 heteroatoms. The van der Waals surface area contributed by atoms with E-state index < -0.39 is 0 Å². The lowest BCUT2D eigenvalue weighted by Gasteiger charge is -2.10. The van der Waals surface area contributed by atoms with E-state index in [1.54, 1.807) is 12.5 Å². The van der Waals surface area contributed by atoms with Gasteiger partial charge in [-0.3, -0.25) is 4.79 Å². The summed E-state index contributed by atoms with van der Waals surface area (Å²) in [5, 5.41) is 12.2. The van der Waals surface area contributed by atoms with Crippen LogP contribution in [0, 0.1) is 0 Å². The predicted molar refractivity (Wildman–Crippen MR) is 107 cm³/mol. The molecule has 1 atom stereocenters. The molecule has 1 amide bonds. The summed E-state index contributed by atoms with van der Waals surface area (Å²) in [5.41, 5.74) is 2.82. The second kappa shape index (κ2) is 8.99. The van der Waals surface area contributed by atoms with Crippen LogP contribution in [0.3, 0.4) is 0 Å². The molecule has 28 heavy (non-hydrogen) atoms. The third-order valence-electron chi connectivity index (χ3n) is 4.51. The van der Waals surface area contributed by atoms with E-state index in [1.165, 1.54) is 11.8 Å². The van der Waals surface area contributed by atoms with Gasteiger partial charge in [0.25, 0.3) is 0 Å². The second-order valence-electron chi connectivity index (χ2n) is 6.50. The van der Waals surface area contributed by atoms with E-state index in [0.717, 1.165) is 41.4 Å². The highest BCUT2D eigenvalue weighted by Crippen LogP contribution is 2.21. The van der Waals surface area contributed by atoms with Crippen molar-refractivity contribution in [2.75, 3.05) is 18.9 Å². The fourth-order valence-corrected chi connectivity index (χ4v) is 3.63. The molecule has 4 rings (SSSR count). The van der Waals surface area contributed by atoms with Crippen molar-refractivity contribution in [2.24, 2.45) is 0 Å². The molecule has 1 aromatic carbocycles. The van der Waals surface area contributed by atoms with Crippen LogP contribution in [0.4, 0.5) is 0 Å². The standard InChI is InChI=1S/C20H21N5O2S/c26-19(22-12-17-2-1-11-27-17)13-28-20-8-7-18(23-24-20)15-3-5-16(6-4-15)25-10-9-21-14-25/h3-10,14,17H,1-2,11-13H2,(H,22,26)/t17-/m1/s1. The molecular weight excluding hydrogens is 374 g/mol. The Labute approximate surface area is 167 Å². The minimum atomic E-state index is -0.0125. The van der Waals surface area contributed by atoms with Gasteiger partial charge in [0.2, 0.25) is 5.91 Å². The average Bonchev–Trinajstić information content (AvgIpc) is 3.45. The number of nitrogens with one attached hydrogen (secondary N) is 1. The Balaban J connectivity index is 1.29. The van der Waals surface area contributed by atoms with Crippen molar-refractivity contribution in [1.29, 1.82) is 0 Å². The maximum atomic E-state index is 11.9. The Morgan fingerprint density at radius 2 is 2.11 bits per heavy atom. The molecule has 0 aliphatic carbocycles. The third kappa shape index (κ3) is 4.76. The van der Waals surface area contributed by atoms with Crippen molar-refractivity contribution in [3.05, 3.63) is 55.1 Å². The Kier molecular flexibility index (Phi) is 5.98. The van der Waals surface area contributed by atoms with Crippen LogP contribution in [0.25, 0.3) is 16.9 Å². The molecule has 0 bridgehead atoms. The first-order valence-electron chi connectivity index (χ1n) is 9.21. The predicted octanol–water partition coefficient (Wildman–Crippen LogP) is 2.72. The second-order valence-corrected chi connectivity index (χ2v) is 7.50. The zero-order valence-electron chi connectivity index (χ0n) is 15.3. The van der Waals surface area contributed by atoms with Crippen LogP contribution in [-0.2, 0) is 9.53 Å². The van der Waals surface area contributed by atoms with Crippen molar-refractivity contribution in [1.82, 2.24) is 25.1 Å². The number of imidazole rings is 1. The zero-order valence-corrected chi connectivity index (χ0v) is 16.1. The van der Waals surface area contributed by atoms with Crippen molar-refractivity contribution in [3.63, 3.8) is 0 Å². The largest absolute Gasteiger partial charge is 0.376 e. The van der Waals surface area contributed by atoms with Gasteiger partial charge in [0.1, 0.15) is 5.03 Å². The van der Waals surface area contributed by atoms with Gasteiger partial charge in [0, 0.05) is 36.8 Å². The number of aromatic nitrogens is 4. The Morgan fingerprint density at radius 1 is 1.21 bits per heavy atom. The number of benzene rings is 1. The van der Waals surface area contributed by atoms with Gasteiger partial charge >= 0.3 is 0 Å². The molecule has 0 unspecified atom stereocenters. The van der Waals surface area contributed by atoms with E-state index >= 15 is 0 Å². The van der Waals surface area contributed by atoms with E-state index in [9.17, 15) is 4.79 Å². The van der Waals surface area contributed by atoms with Crippen LogP contribution in [0.2, 0.25) is 0 Å². The first-order chi connectivity index (χ1) is 13.8. The maximum Gasteiger partial charge on any atom is 0.230 e. The van der Waals surface area contributed by atoms with Gasteiger partial charge in [0.15, 0.2) is 0 Å². The molecule has 1 N–H and O–H groups in total. The summed E-state index contributed by atoms with van der Waals surface area (Å²) in [5.74, 6) is 0.307. The molecule has 7 nitrogen and oxygen atoms in total. The highest BCUT2D eigenvalue weighted by molar-refractivity contribution is 7.99. The molecule has 0 spiro atoms. The number of rotatable bonds is 7. The van der Waals surface area contributed by atoms with Gasteiger partial charge in [-0.05, 0) is 37.1 Å². The Bertz CT molecular complexity index is 891. The smallest absolute Gasteiger partial charge is 0.230 e. The lowest BCUT2D eigenvalue weighted by Crippen LogP contribution is -2.32. The third-order valence-corrected chi connectivity index (χ3v) is 5.43. The normalized spacial score (nSPS) is 16.2. The summed E-state index contributed by atoms with van der Waals surface area (Å²) in [4.78, 5) is 16.0. The number of ether oxygens (including phenoxy) is 1. The summed E-state index contributed by atoms with van der Waals surface area (Å²) in [6.07, 6.45) is 7.66. The molecule has 3 heterocycles. The van der Waals surface area contributed by atoms with E-state index in [0.29, 0.717) is 12.3 Å². The summed E-state index contributed by atoms with van der Waals surface area (Å²) in [6, 6.07) is 11.9. The summed E-state index contributed by atoms with van der Waals surface area (Å²) < 4.78 is 7.44. The van der Waals surface area contributed by atoms with Crippen LogP contribution in [0.15, 0.2) is 60.1 Å². The van der Waals surface area contributed by atoms with Crippen molar-refractivity contribution < 1.29 is 9.53 Å². The Hall–Kier alpha value is -2.71. The molecule has 2 aromatic heterocycles. The number of hydrogen-bond acceptors (Lipinski definition) is 6. The number of hydrogen-bond donors (Lipinski definition) is 1. The van der Waals surface area contributed by atoms with Gasteiger partial charge in [-0.1, -0.05) is 23.9 Å². The van der Waals surface area contributed by atoms with Gasteiger partial charge in [-0.2, -0.15) is 0 Å². The highest BCUT2D eigenvalue weighted by atomic mass is 32.2. The summed E-state index contributed by atoms with van der Waals surface area (Å²) >= 11 is 1.38. The van der Waals surface area contributed by atoms with E-state index in [1.807, 2.05) is 47.2 Å². The number of nitrogens with zero attached hydrogens (tertiary/aromatic N) is 4. The Morgan fingerprint density at radius 3 is 2.79 bits per heavy atom. The van der Waals surface area contributed by atoms with Gasteiger partial charge in [-0.15, -0.1) is 10.2 Å². The van der Waals surface area contributed by atoms with Crippen LogP contribution >= 0.6 is 11.8 Å². The first kappa shape index (κ1) is 18.6. The molecule has 1 aliphatic heterocycles.